The van der Waals surface area contributed by atoms with E-state index in [0.717, 1.165) is 16.5 Å². The topological polar surface area (TPSA) is 89.5 Å². The lowest BCUT2D eigenvalue weighted by molar-refractivity contribution is -0.118. The lowest BCUT2D eigenvalue weighted by Gasteiger charge is -2.02. The highest BCUT2D eigenvalue weighted by atomic mass is 35.5. The number of rotatable bonds is 6. The van der Waals surface area contributed by atoms with Crippen molar-refractivity contribution in [2.75, 3.05) is 0 Å². The molecule has 132 valence electrons. The summed E-state index contributed by atoms with van der Waals surface area (Å²) in [5.74, 6) is -0.677. The second-order valence-electron chi connectivity index (χ2n) is 5.72. The molecule has 0 saturated heterocycles. The van der Waals surface area contributed by atoms with E-state index in [1.165, 1.54) is 0 Å². The summed E-state index contributed by atoms with van der Waals surface area (Å²) in [5, 5.41) is 5.57. The molecule has 2 aromatic carbocycles. The highest BCUT2D eigenvalue weighted by molar-refractivity contribution is 6.30. The Bertz CT molecular complexity index is 977. The predicted octanol–water partition coefficient (Wildman–Crippen LogP) is 2.93. The molecule has 3 rings (SSSR count). The summed E-state index contributed by atoms with van der Waals surface area (Å²) in [7, 11) is 0. The Balaban J connectivity index is 1.77. The average molecular weight is 369 g/mol. The average Bonchev–Trinajstić information content (AvgIpc) is 2.98. The van der Waals surface area contributed by atoms with Crippen molar-refractivity contribution in [1.82, 2.24) is 9.99 Å². The van der Waals surface area contributed by atoms with Crippen LogP contribution in [-0.2, 0) is 11.3 Å². The lowest BCUT2D eigenvalue weighted by atomic mass is 10.2. The molecule has 7 heteroatoms. The van der Waals surface area contributed by atoms with Gasteiger partial charge >= 0.3 is 0 Å². The van der Waals surface area contributed by atoms with Gasteiger partial charge in [-0.1, -0.05) is 29.8 Å². The molecule has 0 radical (unpaired) electrons. The van der Waals surface area contributed by atoms with Gasteiger partial charge in [-0.25, -0.2) is 5.43 Å². The van der Waals surface area contributed by atoms with E-state index in [2.05, 4.69) is 10.5 Å². The van der Waals surface area contributed by atoms with Gasteiger partial charge in [0.1, 0.15) is 0 Å². The molecule has 1 aromatic heterocycles. The molecule has 0 bridgehead atoms. The van der Waals surface area contributed by atoms with Crippen molar-refractivity contribution < 1.29 is 9.59 Å². The highest BCUT2D eigenvalue weighted by Gasteiger charge is 2.08. The van der Waals surface area contributed by atoms with Gasteiger partial charge in [-0.2, -0.15) is 5.10 Å². The van der Waals surface area contributed by atoms with Gasteiger partial charge in [0, 0.05) is 46.2 Å². The van der Waals surface area contributed by atoms with E-state index in [-0.39, 0.29) is 18.2 Å². The minimum absolute atomic E-state index is 0.253. The number of nitrogens with two attached hydrogens (primary N) is 1. The van der Waals surface area contributed by atoms with Gasteiger partial charge in [0.2, 0.25) is 5.91 Å². The maximum absolute atomic E-state index is 12.1. The second-order valence-corrected chi connectivity index (χ2v) is 6.15. The molecule has 2 amide bonds. The fourth-order valence-corrected chi connectivity index (χ4v) is 2.75. The molecule has 0 aliphatic rings. The Kier molecular flexibility index (Phi) is 5.34. The number of aromatic nitrogens is 1. The van der Waals surface area contributed by atoms with Crippen LogP contribution in [0.25, 0.3) is 10.9 Å². The monoisotopic (exact) mass is 368 g/mol. The molecule has 0 fully saturated rings. The number of carbonyl (C=O) groups excluding carboxylic acids is 2. The molecule has 0 aliphatic heterocycles. The third-order valence-corrected chi connectivity index (χ3v) is 4.15. The molecule has 0 unspecified atom stereocenters. The zero-order valence-electron chi connectivity index (χ0n) is 13.9. The van der Waals surface area contributed by atoms with Crippen molar-refractivity contribution in [1.29, 1.82) is 0 Å². The Morgan fingerprint density at radius 1 is 1.15 bits per heavy atom. The van der Waals surface area contributed by atoms with Crippen molar-refractivity contribution >= 4 is 40.5 Å². The molecule has 0 spiro atoms. The smallest absolute Gasteiger partial charge is 0.271 e. The molecule has 1 heterocycles. The number of hydrazone groups is 1. The van der Waals surface area contributed by atoms with Gasteiger partial charge in [-0.15, -0.1) is 0 Å². The van der Waals surface area contributed by atoms with Crippen LogP contribution in [0.1, 0.15) is 22.3 Å². The summed E-state index contributed by atoms with van der Waals surface area (Å²) in [6.07, 6.45) is 3.71. The van der Waals surface area contributed by atoms with Crippen molar-refractivity contribution in [3.8, 4) is 0 Å². The quantitative estimate of drug-likeness (QED) is 0.517. The van der Waals surface area contributed by atoms with Gasteiger partial charge in [-0.3, -0.25) is 9.59 Å². The summed E-state index contributed by atoms with van der Waals surface area (Å²) < 4.78 is 1.95. The number of carbonyl (C=O) groups is 2. The molecule has 0 aliphatic carbocycles. The molecular weight excluding hydrogens is 352 g/mol. The van der Waals surface area contributed by atoms with E-state index in [1.54, 1.807) is 30.5 Å². The zero-order chi connectivity index (χ0) is 18.5. The van der Waals surface area contributed by atoms with Gasteiger partial charge in [0.05, 0.1) is 6.21 Å². The largest absolute Gasteiger partial charge is 0.370 e. The summed E-state index contributed by atoms with van der Waals surface area (Å²) in [4.78, 5) is 23.1. The first-order valence-corrected chi connectivity index (χ1v) is 8.37. The summed E-state index contributed by atoms with van der Waals surface area (Å²) in [6, 6.07) is 14.3. The standard InChI is InChI=1S/C19H17ClN4O2/c20-15-7-5-13(6-8-15)19(26)23-22-11-14-12-24(10-9-18(21)25)17-4-2-1-3-16(14)17/h1-8,11-12H,9-10H2,(H2,21,25)(H,23,26)/b22-11-. The number of halogens is 1. The van der Waals surface area contributed by atoms with E-state index in [1.807, 2.05) is 35.0 Å². The van der Waals surface area contributed by atoms with Crippen LogP contribution in [0.3, 0.4) is 0 Å². The maximum Gasteiger partial charge on any atom is 0.271 e. The Hall–Kier alpha value is -3.12. The Labute approximate surface area is 155 Å². The molecule has 3 N–H and O–H groups in total. The predicted molar refractivity (Wildman–Crippen MR) is 102 cm³/mol. The fraction of sp³-hybridized carbons (Fsp3) is 0.105. The minimum Gasteiger partial charge on any atom is -0.370 e. The first-order chi connectivity index (χ1) is 12.5. The number of primary amides is 1. The van der Waals surface area contributed by atoms with E-state index < -0.39 is 0 Å². The van der Waals surface area contributed by atoms with Crippen LogP contribution in [0.5, 0.6) is 0 Å². The van der Waals surface area contributed by atoms with Gasteiger partial charge in [-0.05, 0) is 30.3 Å². The fourth-order valence-electron chi connectivity index (χ4n) is 2.62. The molecule has 0 saturated carbocycles. The molecule has 3 aromatic rings. The number of hydrogen-bond donors (Lipinski definition) is 2. The minimum atomic E-state index is -0.353. The van der Waals surface area contributed by atoms with Crippen molar-refractivity contribution in [2.45, 2.75) is 13.0 Å². The van der Waals surface area contributed by atoms with Crippen LogP contribution in [0.4, 0.5) is 0 Å². The highest BCUT2D eigenvalue weighted by Crippen LogP contribution is 2.20. The van der Waals surface area contributed by atoms with Crippen molar-refractivity contribution in [2.24, 2.45) is 10.8 Å². The SMILES string of the molecule is NC(=O)CCn1cc(/C=N\NC(=O)c2ccc(Cl)cc2)c2ccccc21. The van der Waals surface area contributed by atoms with Gasteiger partial charge < -0.3 is 10.3 Å². The molecule has 6 nitrogen and oxygen atoms in total. The van der Waals surface area contributed by atoms with Crippen LogP contribution in [0.2, 0.25) is 5.02 Å². The van der Waals surface area contributed by atoms with Crippen molar-refractivity contribution in [3.63, 3.8) is 0 Å². The summed E-state index contributed by atoms with van der Waals surface area (Å²) in [5.41, 5.74) is 10.0. The number of para-hydroxylation sites is 1. The third-order valence-electron chi connectivity index (χ3n) is 3.89. The first kappa shape index (κ1) is 17.7. The second kappa shape index (κ2) is 7.84. The molecule has 0 atom stereocenters. The van der Waals surface area contributed by atoms with E-state index in [9.17, 15) is 9.59 Å². The van der Waals surface area contributed by atoms with Gasteiger partial charge in [0.15, 0.2) is 0 Å². The van der Waals surface area contributed by atoms with Crippen LogP contribution in [0, 0.1) is 0 Å². The number of benzene rings is 2. The zero-order valence-corrected chi connectivity index (χ0v) is 14.6. The van der Waals surface area contributed by atoms with Gasteiger partial charge in [0.25, 0.3) is 5.91 Å². The molecule has 26 heavy (non-hydrogen) atoms. The number of nitrogens with zero attached hydrogens (tertiary/aromatic N) is 2. The maximum atomic E-state index is 12.1. The van der Waals surface area contributed by atoms with Crippen LogP contribution >= 0.6 is 11.6 Å². The number of fused-ring (bicyclic) bond motifs is 1. The van der Waals surface area contributed by atoms with Crippen molar-refractivity contribution in [3.05, 3.63) is 70.9 Å². The first-order valence-electron chi connectivity index (χ1n) is 8.00. The normalized spacial score (nSPS) is 11.1. The van der Waals surface area contributed by atoms with E-state index in [0.29, 0.717) is 17.1 Å². The molecular formula is C19H17ClN4O2. The number of aryl methyl sites for hydroxylation is 1. The van der Waals surface area contributed by atoms with Crippen LogP contribution in [-0.4, -0.2) is 22.6 Å². The number of nitrogens with one attached hydrogen (secondary N) is 1. The summed E-state index contributed by atoms with van der Waals surface area (Å²) >= 11 is 5.81. The number of amides is 2. The van der Waals surface area contributed by atoms with Crippen LogP contribution in [0.15, 0.2) is 59.8 Å². The summed E-state index contributed by atoms with van der Waals surface area (Å²) in [6.45, 7) is 0.487. The lowest BCUT2D eigenvalue weighted by Crippen LogP contribution is -2.17. The third kappa shape index (κ3) is 4.10. The van der Waals surface area contributed by atoms with Crippen LogP contribution < -0.4 is 11.2 Å². The van der Waals surface area contributed by atoms with E-state index >= 15 is 0 Å². The number of hydrogen-bond acceptors (Lipinski definition) is 3. The van der Waals surface area contributed by atoms with E-state index in [4.69, 9.17) is 17.3 Å². The Morgan fingerprint density at radius 2 is 1.88 bits per heavy atom. The Morgan fingerprint density at radius 3 is 2.62 bits per heavy atom.